The minimum Gasteiger partial charge on any atom is -0.351 e. The lowest BCUT2D eigenvalue weighted by atomic mass is 10.3. The van der Waals surface area contributed by atoms with E-state index in [9.17, 15) is 4.79 Å². The Morgan fingerprint density at radius 3 is 2.88 bits per heavy atom. The molecule has 0 fully saturated rings. The van der Waals surface area contributed by atoms with Crippen LogP contribution in [0.4, 0.5) is 5.82 Å². The third-order valence-electron chi connectivity index (χ3n) is 2.09. The summed E-state index contributed by atoms with van der Waals surface area (Å²) in [5.74, 6) is 0.367. The number of nitrogens with zero attached hydrogens (tertiary/aromatic N) is 2. The number of nitrogens with one attached hydrogen (secondary N) is 1. The zero-order chi connectivity index (χ0) is 11.5. The summed E-state index contributed by atoms with van der Waals surface area (Å²) in [6.07, 6.45) is 1.62. The standard InChI is InChI=1S/C11H11N3O2/c1-7-4-3-5-12-10(7)13-11(15)9-6-8(2)14-16-9/h3-6H,1-2H3,(H,12,13,15). The van der Waals surface area contributed by atoms with E-state index in [1.54, 1.807) is 19.2 Å². The molecule has 0 aliphatic carbocycles. The van der Waals surface area contributed by atoms with Crippen LogP contribution in [0.3, 0.4) is 0 Å². The third-order valence-corrected chi connectivity index (χ3v) is 2.09. The molecule has 0 spiro atoms. The van der Waals surface area contributed by atoms with E-state index in [1.807, 2.05) is 19.1 Å². The molecule has 5 heteroatoms. The van der Waals surface area contributed by atoms with E-state index in [0.717, 1.165) is 5.56 Å². The number of rotatable bonds is 2. The molecule has 1 N–H and O–H groups in total. The summed E-state index contributed by atoms with van der Waals surface area (Å²) in [5, 5.41) is 6.30. The Morgan fingerprint density at radius 2 is 2.25 bits per heavy atom. The van der Waals surface area contributed by atoms with Gasteiger partial charge in [-0.2, -0.15) is 0 Å². The molecule has 2 aromatic heterocycles. The number of carbonyl (C=O) groups is 1. The topological polar surface area (TPSA) is 68.0 Å². The lowest BCUT2D eigenvalue weighted by Gasteiger charge is -2.03. The molecule has 2 rings (SSSR count). The molecule has 0 unspecified atom stereocenters. The van der Waals surface area contributed by atoms with Crippen molar-refractivity contribution in [3.8, 4) is 0 Å². The molecule has 82 valence electrons. The van der Waals surface area contributed by atoms with Crippen molar-refractivity contribution in [2.24, 2.45) is 0 Å². The third kappa shape index (κ3) is 2.08. The SMILES string of the molecule is Cc1cc(C(=O)Nc2ncccc2C)on1. The summed E-state index contributed by atoms with van der Waals surface area (Å²) in [6.45, 7) is 3.63. The maximum atomic E-state index is 11.7. The maximum absolute atomic E-state index is 11.7. The monoisotopic (exact) mass is 217 g/mol. The summed E-state index contributed by atoms with van der Waals surface area (Å²) < 4.78 is 4.85. The van der Waals surface area contributed by atoms with Crippen LogP contribution in [0.5, 0.6) is 0 Å². The van der Waals surface area contributed by atoms with Crippen LogP contribution in [0.2, 0.25) is 0 Å². The average molecular weight is 217 g/mol. The number of anilines is 1. The van der Waals surface area contributed by atoms with Crippen LogP contribution in [-0.2, 0) is 0 Å². The molecule has 0 atom stereocenters. The Bertz CT molecular complexity index is 519. The molecular formula is C11H11N3O2. The number of aryl methyl sites for hydroxylation is 2. The second-order valence-electron chi connectivity index (χ2n) is 3.46. The second-order valence-corrected chi connectivity index (χ2v) is 3.46. The summed E-state index contributed by atoms with van der Waals surface area (Å²) in [7, 11) is 0. The van der Waals surface area contributed by atoms with Gasteiger partial charge in [0.15, 0.2) is 0 Å². The lowest BCUT2D eigenvalue weighted by molar-refractivity contribution is 0.0987. The highest BCUT2D eigenvalue weighted by molar-refractivity contribution is 6.01. The smallest absolute Gasteiger partial charge is 0.295 e. The quantitative estimate of drug-likeness (QED) is 0.834. The highest BCUT2D eigenvalue weighted by Gasteiger charge is 2.12. The molecular weight excluding hydrogens is 206 g/mol. The summed E-state index contributed by atoms with van der Waals surface area (Å²) >= 11 is 0. The van der Waals surface area contributed by atoms with Crippen LogP contribution in [0.15, 0.2) is 28.9 Å². The normalized spacial score (nSPS) is 10.1. The number of hydrogen-bond acceptors (Lipinski definition) is 4. The zero-order valence-electron chi connectivity index (χ0n) is 9.02. The first-order valence-electron chi connectivity index (χ1n) is 4.83. The van der Waals surface area contributed by atoms with E-state index in [2.05, 4.69) is 15.5 Å². The Labute approximate surface area is 92.5 Å². The fraction of sp³-hybridized carbons (Fsp3) is 0.182. The Kier molecular flexibility index (Phi) is 2.68. The van der Waals surface area contributed by atoms with Crippen molar-refractivity contribution >= 4 is 11.7 Å². The maximum Gasteiger partial charge on any atom is 0.295 e. The van der Waals surface area contributed by atoms with Gasteiger partial charge in [-0.25, -0.2) is 4.98 Å². The first-order chi connectivity index (χ1) is 7.66. The van der Waals surface area contributed by atoms with Crippen molar-refractivity contribution < 1.29 is 9.32 Å². The zero-order valence-corrected chi connectivity index (χ0v) is 9.02. The Hall–Kier alpha value is -2.17. The van der Waals surface area contributed by atoms with Gasteiger partial charge >= 0.3 is 0 Å². The van der Waals surface area contributed by atoms with Crippen LogP contribution in [0.1, 0.15) is 21.8 Å². The van der Waals surface area contributed by atoms with Crippen LogP contribution in [0.25, 0.3) is 0 Å². The lowest BCUT2D eigenvalue weighted by Crippen LogP contribution is -2.12. The van der Waals surface area contributed by atoms with Crippen LogP contribution in [-0.4, -0.2) is 16.0 Å². The molecule has 0 aliphatic heterocycles. The largest absolute Gasteiger partial charge is 0.351 e. The predicted molar refractivity (Wildman–Crippen MR) is 58.2 cm³/mol. The highest BCUT2D eigenvalue weighted by atomic mass is 16.5. The molecule has 2 heterocycles. The molecule has 0 radical (unpaired) electrons. The second kappa shape index (κ2) is 4.14. The van der Waals surface area contributed by atoms with Crippen molar-refractivity contribution in [2.75, 3.05) is 5.32 Å². The molecule has 1 amide bonds. The molecule has 0 aromatic carbocycles. The minimum absolute atomic E-state index is 0.183. The minimum atomic E-state index is -0.345. The van der Waals surface area contributed by atoms with Crippen molar-refractivity contribution in [2.45, 2.75) is 13.8 Å². The molecule has 2 aromatic rings. The molecule has 5 nitrogen and oxygen atoms in total. The molecule has 16 heavy (non-hydrogen) atoms. The van der Waals surface area contributed by atoms with E-state index in [1.165, 1.54) is 0 Å². The van der Waals surface area contributed by atoms with Gasteiger partial charge in [0.05, 0.1) is 5.69 Å². The Balaban J connectivity index is 2.17. The number of amides is 1. The number of hydrogen-bond donors (Lipinski definition) is 1. The fourth-order valence-electron chi connectivity index (χ4n) is 1.26. The van der Waals surface area contributed by atoms with Crippen molar-refractivity contribution in [3.63, 3.8) is 0 Å². The first-order valence-corrected chi connectivity index (χ1v) is 4.83. The molecule has 0 saturated carbocycles. The summed E-state index contributed by atoms with van der Waals surface area (Å²) in [5.41, 5.74) is 1.56. The van der Waals surface area contributed by atoms with Gasteiger partial charge in [-0.05, 0) is 25.5 Å². The highest BCUT2D eigenvalue weighted by Crippen LogP contribution is 2.11. The van der Waals surface area contributed by atoms with E-state index >= 15 is 0 Å². The van der Waals surface area contributed by atoms with E-state index in [-0.39, 0.29) is 11.7 Å². The van der Waals surface area contributed by atoms with E-state index in [4.69, 9.17) is 4.52 Å². The fourth-order valence-corrected chi connectivity index (χ4v) is 1.26. The van der Waals surface area contributed by atoms with E-state index < -0.39 is 0 Å². The Morgan fingerprint density at radius 1 is 1.44 bits per heavy atom. The number of pyridine rings is 1. The van der Waals surface area contributed by atoms with Crippen LogP contribution in [0, 0.1) is 13.8 Å². The predicted octanol–water partition coefficient (Wildman–Crippen LogP) is 1.94. The average Bonchev–Trinajstić information content (AvgIpc) is 2.68. The van der Waals surface area contributed by atoms with Gasteiger partial charge in [-0.3, -0.25) is 4.79 Å². The van der Waals surface area contributed by atoms with Gasteiger partial charge in [-0.15, -0.1) is 0 Å². The van der Waals surface area contributed by atoms with Crippen LogP contribution >= 0.6 is 0 Å². The van der Waals surface area contributed by atoms with Crippen molar-refractivity contribution in [1.29, 1.82) is 0 Å². The molecule has 0 bridgehead atoms. The van der Waals surface area contributed by atoms with Gasteiger partial charge < -0.3 is 9.84 Å². The first kappa shape index (κ1) is 10.4. The summed E-state index contributed by atoms with van der Waals surface area (Å²) in [4.78, 5) is 15.8. The van der Waals surface area contributed by atoms with E-state index in [0.29, 0.717) is 11.5 Å². The molecule has 0 aliphatic rings. The van der Waals surface area contributed by atoms with Gasteiger partial charge in [0.25, 0.3) is 5.91 Å². The van der Waals surface area contributed by atoms with Gasteiger partial charge in [-0.1, -0.05) is 11.2 Å². The van der Waals surface area contributed by atoms with Gasteiger partial charge in [0, 0.05) is 12.3 Å². The van der Waals surface area contributed by atoms with Crippen molar-refractivity contribution in [3.05, 3.63) is 41.4 Å². The van der Waals surface area contributed by atoms with Crippen molar-refractivity contribution in [1.82, 2.24) is 10.1 Å². The van der Waals surface area contributed by atoms with Gasteiger partial charge in [0.2, 0.25) is 5.76 Å². The van der Waals surface area contributed by atoms with Gasteiger partial charge in [0.1, 0.15) is 5.82 Å². The number of carbonyl (C=O) groups excluding carboxylic acids is 1. The number of aromatic nitrogens is 2. The van der Waals surface area contributed by atoms with Crippen LogP contribution < -0.4 is 5.32 Å². The summed E-state index contributed by atoms with van der Waals surface area (Å²) in [6, 6.07) is 5.26. The molecule has 0 saturated heterocycles.